The second-order valence-electron chi connectivity index (χ2n) is 6.30. The molecule has 0 saturated heterocycles. The lowest BCUT2D eigenvalue weighted by Crippen LogP contribution is -2.25. The van der Waals surface area contributed by atoms with Crippen molar-refractivity contribution in [3.05, 3.63) is 53.9 Å². The number of aromatic amines is 1. The molecule has 0 radical (unpaired) electrons. The van der Waals surface area contributed by atoms with Gasteiger partial charge in [-0.2, -0.15) is 0 Å². The molecule has 0 saturated carbocycles. The molecule has 2 aromatic heterocycles. The number of amides is 1. The Labute approximate surface area is 153 Å². The monoisotopic (exact) mass is 351 g/mol. The van der Waals surface area contributed by atoms with E-state index >= 15 is 0 Å². The van der Waals surface area contributed by atoms with Crippen molar-refractivity contribution in [1.29, 1.82) is 0 Å². The molecule has 3 rings (SSSR count). The van der Waals surface area contributed by atoms with Gasteiger partial charge in [0.05, 0.1) is 0 Å². The van der Waals surface area contributed by atoms with Crippen molar-refractivity contribution in [2.75, 3.05) is 18.4 Å². The summed E-state index contributed by atoms with van der Waals surface area (Å²) in [5.41, 5.74) is 2.77. The second kappa shape index (κ2) is 8.99. The van der Waals surface area contributed by atoms with Crippen LogP contribution < -0.4 is 10.6 Å². The lowest BCUT2D eigenvalue weighted by molar-refractivity contribution is 0.0947. The number of benzene rings is 1. The van der Waals surface area contributed by atoms with Crippen LogP contribution in [-0.2, 0) is 6.42 Å². The number of carbonyl (C=O) groups excluding carboxylic acids is 1. The van der Waals surface area contributed by atoms with E-state index in [1.165, 1.54) is 10.9 Å². The highest BCUT2D eigenvalue weighted by atomic mass is 16.1. The molecule has 0 unspecified atom stereocenters. The number of carbonyl (C=O) groups is 1. The van der Waals surface area contributed by atoms with E-state index < -0.39 is 0 Å². The first-order valence-electron chi connectivity index (χ1n) is 9.18. The van der Waals surface area contributed by atoms with Gasteiger partial charge in [0.15, 0.2) is 5.69 Å². The Morgan fingerprint density at radius 2 is 1.96 bits per heavy atom. The Bertz CT molecular complexity index is 841. The third-order valence-electron chi connectivity index (χ3n) is 4.34. The van der Waals surface area contributed by atoms with Crippen LogP contribution in [0.25, 0.3) is 10.9 Å². The number of fused-ring (bicyclic) bond motifs is 1. The minimum Gasteiger partial charge on any atom is -0.368 e. The molecule has 1 aromatic carbocycles. The van der Waals surface area contributed by atoms with E-state index in [1.807, 2.05) is 18.3 Å². The number of hydrogen-bond acceptors (Lipinski definition) is 4. The number of H-pyrrole nitrogens is 1. The summed E-state index contributed by atoms with van der Waals surface area (Å²) in [7, 11) is 0. The van der Waals surface area contributed by atoms with Gasteiger partial charge in [-0.05, 0) is 36.6 Å². The van der Waals surface area contributed by atoms with Crippen molar-refractivity contribution < 1.29 is 4.79 Å². The lowest BCUT2D eigenvalue weighted by Gasteiger charge is -2.06. The third-order valence-corrected chi connectivity index (χ3v) is 4.34. The van der Waals surface area contributed by atoms with Gasteiger partial charge in [0.25, 0.3) is 5.91 Å². The summed E-state index contributed by atoms with van der Waals surface area (Å²) in [5.74, 6) is 0.506. The fourth-order valence-electron chi connectivity index (χ4n) is 2.88. The molecule has 6 heteroatoms. The van der Waals surface area contributed by atoms with Crippen LogP contribution in [0.3, 0.4) is 0 Å². The molecule has 3 aromatic rings. The van der Waals surface area contributed by atoms with Crippen LogP contribution in [0.1, 0.15) is 42.2 Å². The van der Waals surface area contributed by atoms with Gasteiger partial charge >= 0.3 is 0 Å². The SMILES string of the molecule is CCCCCNC(=O)c1ccc(NCCc2c[nH]c3ccccc23)nn1. The molecule has 6 nitrogen and oxygen atoms in total. The zero-order valence-electron chi connectivity index (χ0n) is 15.1. The van der Waals surface area contributed by atoms with E-state index in [-0.39, 0.29) is 5.91 Å². The van der Waals surface area contributed by atoms with Crippen LogP contribution in [0, 0.1) is 0 Å². The topological polar surface area (TPSA) is 82.7 Å². The third kappa shape index (κ3) is 4.59. The van der Waals surface area contributed by atoms with Gasteiger partial charge in [0, 0.05) is 30.2 Å². The van der Waals surface area contributed by atoms with E-state index in [4.69, 9.17) is 0 Å². The zero-order chi connectivity index (χ0) is 18.2. The molecule has 0 atom stereocenters. The minimum absolute atomic E-state index is 0.168. The number of aromatic nitrogens is 3. The van der Waals surface area contributed by atoms with Crippen LogP contribution in [0.15, 0.2) is 42.6 Å². The highest BCUT2D eigenvalue weighted by Gasteiger charge is 2.07. The van der Waals surface area contributed by atoms with Crippen molar-refractivity contribution in [1.82, 2.24) is 20.5 Å². The fourth-order valence-corrected chi connectivity index (χ4v) is 2.88. The van der Waals surface area contributed by atoms with Gasteiger partial charge in [0.1, 0.15) is 5.82 Å². The Hall–Kier alpha value is -2.89. The molecule has 2 heterocycles. The number of para-hydroxylation sites is 1. The molecule has 0 aliphatic rings. The Balaban J connectivity index is 1.47. The molecule has 3 N–H and O–H groups in total. The number of anilines is 1. The molecule has 0 fully saturated rings. The van der Waals surface area contributed by atoms with E-state index in [1.54, 1.807) is 12.1 Å². The number of hydrogen-bond donors (Lipinski definition) is 3. The summed E-state index contributed by atoms with van der Waals surface area (Å²) < 4.78 is 0. The average Bonchev–Trinajstić information content (AvgIpc) is 3.09. The van der Waals surface area contributed by atoms with Crippen molar-refractivity contribution in [2.24, 2.45) is 0 Å². The highest BCUT2D eigenvalue weighted by Crippen LogP contribution is 2.18. The summed E-state index contributed by atoms with van der Waals surface area (Å²) >= 11 is 0. The van der Waals surface area contributed by atoms with Gasteiger partial charge in [-0.3, -0.25) is 4.79 Å². The molecule has 0 aliphatic heterocycles. The number of rotatable bonds is 9. The van der Waals surface area contributed by atoms with Crippen molar-refractivity contribution in [2.45, 2.75) is 32.6 Å². The summed E-state index contributed by atoms with van der Waals surface area (Å²) in [4.78, 5) is 15.3. The lowest BCUT2D eigenvalue weighted by atomic mass is 10.1. The molecule has 26 heavy (non-hydrogen) atoms. The second-order valence-corrected chi connectivity index (χ2v) is 6.30. The maximum atomic E-state index is 12.0. The van der Waals surface area contributed by atoms with Crippen molar-refractivity contribution >= 4 is 22.6 Å². The van der Waals surface area contributed by atoms with Gasteiger partial charge in [-0.1, -0.05) is 38.0 Å². The van der Waals surface area contributed by atoms with Crippen LogP contribution in [0.2, 0.25) is 0 Å². The zero-order valence-corrected chi connectivity index (χ0v) is 15.1. The quantitative estimate of drug-likeness (QED) is 0.515. The van der Waals surface area contributed by atoms with E-state index in [2.05, 4.69) is 44.9 Å². The molecule has 1 amide bonds. The van der Waals surface area contributed by atoms with Gasteiger partial charge in [-0.15, -0.1) is 10.2 Å². The first-order chi connectivity index (χ1) is 12.8. The van der Waals surface area contributed by atoms with E-state index in [9.17, 15) is 4.79 Å². The van der Waals surface area contributed by atoms with Gasteiger partial charge in [-0.25, -0.2) is 0 Å². The molecular formula is C20H25N5O. The highest BCUT2D eigenvalue weighted by molar-refractivity contribution is 5.92. The fraction of sp³-hybridized carbons (Fsp3) is 0.350. The maximum absolute atomic E-state index is 12.0. The van der Waals surface area contributed by atoms with Crippen LogP contribution >= 0.6 is 0 Å². The maximum Gasteiger partial charge on any atom is 0.271 e. The predicted octanol–water partition coefficient (Wildman–Crippen LogP) is 3.53. The first kappa shape index (κ1) is 17.9. The molecule has 0 bridgehead atoms. The molecular weight excluding hydrogens is 326 g/mol. The van der Waals surface area contributed by atoms with Gasteiger partial charge < -0.3 is 15.6 Å². The van der Waals surface area contributed by atoms with E-state index in [0.717, 1.165) is 37.7 Å². The molecule has 0 spiro atoms. The number of nitrogens with one attached hydrogen (secondary N) is 3. The predicted molar refractivity (Wildman–Crippen MR) is 104 cm³/mol. The summed E-state index contributed by atoms with van der Waals surface area (Å²) in [6.45, 7) is 3.57. The first-order valence-corrected chi connectivity index (χ1v) is 9.18. The minimum atomic E-state index is -0.168. The average molecular weight is 351 g/mol. The molecule has 136 valence electrons. The Kier molecular flexibility index (Phi) is 6.19. The van der Waals surface area contributed by atoms with Gasteiger partial charge in [0.2, 0.25) is 0 Å². The normalized spacial score (nSPS) is 10.8. The van der Waals surface area contributed by atoms with Crippen molar-refractivity contribution in [3.8, 4) is 0 Å². The Morgan fingerprint density at radius 3 is 2.77 bits per heavy atom. The van der Waals surface area contributed by atoms with E-state index in [0.29, 0.717) is 18.1 Å². The summed E-state index contributed by atoms with van der Waals surface area (Å²) in [6.07, 6.45) is 6.17. The smallest absolute Gasteiger partial charge is 0.271 e. The van der Waals surface area contributed by atoms with Crippen molar-refractivity contribution in [3.63, 3.8) is 0 Å². The Morgan fingerprint density at radius 1 is 1.08 bits per heavy atom. The largest absolute Gasteiger partial charge is 0.368 e. The van der Waals surface area contributed by atoms with Crippen LogP contribution in [0.5, 0.6) is 0 Å². The van der Waals surface area contributed by atoms with Crippen LogP contribution in [0.4, 0.5) is 5.82 Å². The van der Waals surface area contributed by atoms with Crippen LogP contribution in [-0.4, -0.2) is 34.2 Å². The summed E-state index contributed by atoms with van der Waals surface area (Å²) in [5, 5.41) is 15.5. The standard InChI is InChI=1S/C20H25N5O/c1-2-3-6-12-22-20(26)18-9-10-19(25-24-18)21-13-11-15-14-23-17-8-5-4-7-16(15)17/h4-5,7-10,14,23H,2-3,6,11-13H2,1H3,(H,21,25)(H,22,26). The number of unbranched alkanes of at least 4 members (excludes halogenated alkanes) is 2. The number of nitrogens with zero attached hydrogens (tertiary/aromatic N) is 2. The molecule has 0 aliphatic carbocycles. The summed E-state index contributed by atoms with van der Waals surface area (Å²) in [6, 6.07) is 11.8.